The number of nitrogens with zero attached hydrogens (tertiary/aromatic N) is 1. The maximum atomic E-state index is 11.8. The lowest BCUT2D eigenvalue weighted by Gasteiger charge is -2.32. The van der Waals surface area contributed by atoms with Crippen molar-refractivity contribution in [3.05, 3.63) is 0 Å². The lowest BCUT2D eigenvalue weighted by atomic mass is 10.1. The van der Waals surface area contributed by atoms with E-state index in [1.807, 2.05) is 20.8 Å². The average molecular weight is 214 g/mol. The molecule has 0 radical (unpaired) electrons. The van der Waals surface area contributed by atoms with Gasteiger partial charge in [-0.15, -0.1) is 0 Å². The third-order valence-corrected chi connectivity index (χ3v) is 2.34. The molecule has 1 aliphatic heterocycles. The summed E-state index contributed by atoms with van der Waals surface area (Å²) in [5.41, 5.74) is -0.496. The fourth-order valence-corrected chi connectivity index (χ4v) is 1.60. The van der Waals surface area contributed by atoms with E-state index in [4.69, 9.17) is 4.74 Å². The zero-order valence-electron chi connectivity index (χ0n) is 9.66. The van der Waals surface area contributed by atoms with Gasteiger partial charge in [0, 0.05) is 19.2 Å². The first-order valence-corrected chi connectivity index (χ1v) is 5.00. The van der Waals surface area contributed by atoms with Gasteiger partial charge in [0.2, 0.25) is 5.91 Å². The highest BCUT2D eigenvalue weighted by Gasteiger charge is 2.36. The van der Waals surface area contributed by atoms with E-state index in [0.717, 1.165) is 0 Å². The second-order valence-electron chi connectivity index (χ2n) is 4.65. The van der Waals surface area contributed by atoms with Gasteiger partial charge in [-0.3, -0.25) is 9.69 Å². The number of carbonyl (C=O) groups excluding carboxylic acids is 2. The molecule has 1 aliphatic rings. The average Bonchev–Trinajstić information content (AvgIpc) is 2.22. The normalized spacial score (nSPS) is 23.7. The molecular formula is C10H18N2O3. The third-order valence-electron chi connectivity index (χ3n) is 2.34. The van der Waals surface area contributed by atoms with Crippen LogP contribution in [0.5, 0.6) is 0 Å². The highest BCUT2D eigenvalue weighted by molar-refractivity contribution is 5.96. The van der Waals surface area contributed by atoms with E-state index in [1.165, 1.54) is 12.0 Å². The number of urea groups is 1. The Kier molecular flexibility index (Phi) is 3.34. The van der Waals surface area contributed by atoms with Gasteiger partial charge in [0.15, 0.2) is 0 Å². The van der Waals surface area contributed by atoms with Crippen LogP contribution in [0, 0.1) is 0 Å². The van der Waals surface area contributed by atoms with Crippen LogP contribution in [0.2, 0.25) is 0 Å². The molecule has 1 unspecified atom stereocenters. The Balaban J connectivity index is 2.87. The second-order valence-corrected chi connectivity index (χ2v) is 4.65. The van der Waals surface area contributed by atoms with Crippen LogP contribution in [-0.2, 0) is 9.53 Å². The smallest absolute Gasteiger partial charge is 0.324 e. The van der Waals surface area contributed by atoms with Gasteiger partial charge in [0.05, 0.1) is 12.5 Å². The minimum absolute atomic E-state index is 0.190. The zero-order valence-corrected chi connectivity index (χ0v) is 9.66. The predicted octanol–water partition coefficient (Wildman–Crippen LogP) is 0.742. The van der Waals surface area contributed by atoms with Crippen molar-refractivity contribution >= 4 is 11.9 Å². The van der Waals surface area contributed by atoms with Crippen LogP contribution in [0.1, 0.15) is 27.2 Å². The molecule has 1 saturated heterocycles. The molecule has 3 amide bonds. The molecule has 0 aliphatic carbocycles. The Labute approximate surface area is 89.8 Å². The molecule has 1 fully saturated rings. The van der Waals surface area contributed by atoms with Gasteiger partial charge in [0.1, 0.15) is 0 Å². The highest BCUT2D eigenvalue weighted by atomic mass is 16.5. The molecule has 0 saturated carbocycles. The summed E-state index contributed by atoms with van der Waals surface area (Å²) in [5.74, 6) is -0.190. The van der Waals surface area contributed by atoms with Crippen molar-refractivity contribution in [1.29, 1.82) is 0 Å². The summed E-state index contributed by atoms with van der Waals surface area (Å²) in [6.45, 7) is 5.88. The van der Waals surface area contributed by atoms with Crippen molar-refractivity contribution in [2.45, 2.75) is 38.8 Å². The fourth-order valence-electron chi connectivity index (χ4n) is 1.60. The summed E-state index contributed by atoms with van der Waals surface area (Å²) in [5, 5.41) is 2.67. The van der Waals surface area contributed by atoms with Gasteiger partial charge in [-0.25, -0.2) is 4.79 Å². The highest BCUT2D eigenvalue weighted by Crippen LogP contribution is 2.18. The van der Waals surface area contributed by atoms with Gasteiger partial charge in [-0.1, -0.05) is 0 Å². The zero-order chi connectivity index (χ0) is 11.6. The van der Waals surface area contributed by atoms with Crippen LogP contribution >= 0.6 is 0 Å². The second kappa shape index (κ2) is 4.18. The molecular weight excluding hydrogens is 196 g/mol. The SMILES string of the molecule is COC1CNC(=O)N(C(C)(C)C)C(=O)C1. The third kappa shape index (κ3) is 2.68. The van der Waals surface area contributed by atoms with E-state index in [9.17, 15) is 9.59 Å². The largest absolute Gasteiger partial charge is 0.379 e. The Morgan fingerprint density at radius 3 is 2.47 bits per heavy atom. The van der Waals surface area contributed by atoms with Crippen molar-refractivity contribution in [3.8, 4) is 0 Å². The van der Waals surface area contributed by atoms with Gasteiger partial charge >= 0.3 is 6.03 Å². The molecule has 1 rings (SSSR count). The number of hydrogen-bond donors (Lipinski definition) is 1. The van der Waals surface area contributed by atoms with Gasteiger partial charge in [-0.2, -0.15) is 0 Å². The van der Waals surface area contributed by atoms with Crippen molar-refractivity contribution in [1.82, 2.24) is 10.2 Å². The minimum atomic E-state index is -0.496. The van der Waals surface area contributed by atoms with Crippen molar-refractivity contribution in [2.75, 3.05) is 13.7 Å². The Morgan fingerprint density at radius 2 is 2.00 bits per heavy atom. The number of nitrogens with one attached hydrogen (secondary N) is 1. The standard InChI is InChI=1S/C10H18N2O3/c1-10(2,3)12-8(13)5-7(15-4)6-11-9(12)14/h7H,5-6H2,1-4H3,(H,11,14). The molecule has 1 atom stereocenters. The lowest BCUT2D eigenvalue weighted by molar-refractivity contribution is -0.133. The van der Waals surface area contributed by atoms with E-state index in [1.54, 1.807) is 0 Å². The molecule has 86 valence electrons. The molecule has 1 heterocycles. The Bertz CT molecular complexity index is 270. The number of imide groups is 1. The first kappa shape index (κ1) is 12.0. The molecule has 0 aromatic carbocycles. The van der Waals surface area contributed by atoms with Crippen LogP contribution < -0.4 is 5.32 Å². The number of carbonyl (C=O) groups is 2. The van der Waals surface area contributed by atoms with Gasteiger partial charge in [-0.05, 0) is 20.8 Å². The molecule has 15 heavy (non-hydrogen) atoms. The maximum absolute atomic E-state index is 11.8. The first-order chi connectivity index (χ1) is 6.86. The fraction of sp³-hybridized carbons (Fsp3) is 0.800. The first-order valence-electron chi connectivity index (χ1n) is 5.00. The minimum Gasteiger partial charge on any atom is -0.379 e. The monoisotopic (exact) mass is 214 g/mol. The number of rotatable bonds is 1. The van der Waals surface area contributed by atoms with Crippen molar-refractivity contribution in [3.63, 3.8) is 0 Å². The van der Waals surface area contributed by atoms with E-state index in [2.05, 4.69) is 5.32 Å². The summed E-state index contributed by atoms with van der Waals surface area (Å²) in [6, 6.07) is -0.341. The summed E-state index contributed by atoms with van der Waals surface area (Å²) in [6.07, 6.45) is 0.0146. The van der Waals surface area contributed by atoms with Crippen LogP contribution in [0.4, 0.5) is 4.79 Å². The van der Waals surface area contributed by atoms with Gasteiger partial charge in [0.25, 0.3) is 0 Å². The molecule has 0 aromatic heterocycles. The Morgan fingerprint density at radius 1 is 1.40 bits per heavy atom. The van der Waals surface area contributed by atoms with E-state index in [-0.39, 0.29) is 24.5 Å². The van der Waals surface area contributed by atoms with Crippen LogP contribution in [0.25, 0.3) is 0 Å². The van der Waals surface area contributed by atoms with Crippen LogP contribution in [0.15, 0.2) is 0 Å². The van der Waals surface area contributed by atoms with Crippen molar-refractivity contribution in [2.24, 2.45) is 0 Å². The molecule has 5 nitrogen and oxygen atoms in total. The summed E-state index contributed by atoms with van der Waals surface area (Å²) in [4.78, 5) is 24.8. The summed E-state index contributed by atoms with van der Waals surface area (Å²) < 4.78 is 5.09. The van der Waals surface area contributed by atoms with Crippen molar-refractivity contribution < 1.29 is 14.3 Å². The summed E-state index contributed by atoms with van der Waals surface area (Å²) in [7, 11) is 1.54. The number of ether oxygens (including phenoxy) is 1. The number of hydrogen-bond acceptors (Lipinski definition) is 3. The van der Waals surface area contributed by atoms with Gasteiger partial charge < -0.3 is 10.1 Å². The molecule has 0 spiro atoms. The van der Waals surface area contributed by atoms with E-state index >= 15 is 0 Å². The maximum Gasteiger partial charge on any atom is 0.324 e. The van der Waals surface area contributed by atoms with Crippen LogP contribution in [-0.4, -0.2) is 42.1 Å². The lowest BCUT2D eigenvalue weighted by Crippen LogP contribution is -2.51. The van der Waals surface area contributed by atoms with E-state index < -0.39 is 5.54 Å². The molecule has 1 N–H and O–H groups in total. The Hall–Kier alpha value is -1.10. The van der Waals surface area contributed by atoms with E-state index in [0.29, 0.717) is 6.54 Å². The topological polar surface area (TPSA) is 58.6 Å². The number of methoxy groups -OCH3 is 1. The number of amides is 3. The predicted molar refractivity (Wildman–Crippen MR) is 55.4 cm³/mol. The summed E-state index contributed by atoms with van der Waals surface area (Å²) >= 11 is 0. The molecule has 0 bridgehead atoms. The van der Waals surface area contributed by atoms with Crippen LogP contribution in [0.3, 0.4) is 0 Å². The molecule has 0 aromatic rings. The quantitative estimate of drug-likeness (QED) is 0.700. The molecule has 5 heteroatoms.